The predicted octanol–water partition coefficient (Wildman–Crippen LogP) is 10.8. The Kier molecular flexibility index (Phi) is 5.32. The van der Waals surface area contributed by atoms with E-state index < -0.39 is 0 Å². The molecule has 4 heteroatoms. The van der Waals surface area contributed by atoms with Gasteiger partial charge in [0.1, 0.15) is 0 Å². The quantitative estimate of drug-likeness (QED) is 0.199. The minimum Gasteiger partial charge on any atom is -0.308 e. The van der Waals surface area contributed by atoms with E-state index in [9.17, 15) is 5.26 Å². The standard InChI is InChI=1S/C43H26N4/c44-27-28-22-23-32-34-24-25-38-41(43(34)46(40(32)26-28)30-14-5-2-6-15-30)35-17-8-10-20-37(35)47(38)39-21-11-18-33-31-16-7-9-19-36(31)45(42(33)39)29-12-3-1-4-13-29/h1-26H. The van der Waals surface area contributed by atoms with Crippen molar-refractivity contribution in [3.63, 3.8) is 0 Å². The summed E-state index contributed by atoms with van der Waals surface area (Å²) >= 11 is 0. The lowest BCUT2D eigenvalue weighted by Gasteiger charge is -2.14. The third-order valence-corrected chi connectivity index (χ3v) is 9.64. The number of para-hydroxylation sites is 5. The second kappa shape index (κ2) is 9.71. The number of hydrogen-bond acceptors (Lipinski definition) is 1. The van der Waals surface area contributed by atoms with E-state index in [1.54, 1.807) is 0 Å². The molecule has 7 aromatic carbocycles. The Morgan fingerprint density at radius 3 is 1.66 bits per heavy atom. The summed E-state index contributed by atoms with van der Waals surface area (Å²) < 4.78 is 7.19. The highest BCUT2D eigenvalue weighted by atomic mass is 15.1. The van der Waals surface area contributed by atoms with Gasteiger partial charge < -0.3 is 13.7 Å². The van der Waals surface area contributed by atoms with Crippen LogP contribution in [0, 0.1) is 11.3 Å². The SMILES string of the molecule is N#Cc1ccc2c3ccc4c(c5ccccc5n4-c4cccc5c6ccccc6n(-c6ccccc6)c45)c3n(-c3ccccc3)c2c1. The molecular formula is C43H26N4. The zero-order valence-corrected chi connectivity index (χ0v) is 25.3. The van der Waals surface area contributed by atoms with Crippen molar-refractivity contribution in [2.75, 3.05) is 0 Å². The van der Waals surface area contributed by atoms with Crippen LogP contribution < -0.4 is 0 Å². The monoisotopic (exact) mass is 598 g/mol. The van der Waals surface area contributed by atoms with E-state index in [4.69, 9.17) is 0 Å². The van der Waals surface area contributed by atoms with Gasteiger partial charge in [-0.2, -0.15) is 5.26 Å². The molecule has 0 unspecified atom stereocenters. The molecule has 0 saturated carbocycles. The second-order valence-electron chi connectivity index (χ2n) is 12.1. The van der Waals surface area contributed by atoms with Gasteiger partial charge in [-0.25, -0.2) is 0 Å². The number of fused-ring (bicyclic) bond motifs is 10. The highest BCUT2D eigenvalue weighted by molar-refractivity contribution is 6.26. The molecule has 47 heavy (non-hydrogen) atoms. The molecule has 3 aromatic heterocycles. The van der Waals surface area contributed by atoms with Crippen molar-refractivity contribution in [2.24, 2.45) is 0 Å². The minimum absolute atomic E-state index is 0.650. The Bertz CT molecular complexity index is 2900. The molecule has 0 amide bonds. The van der Waals surface area contributed by atoms with Gasteiger partial charge in [-0.15, -0.1) is 0 Å². The number of rotatable bonds is 3. The first-order chi connectivity index (χ1) is 23.3. The fourth-order valence-electron chi connectivity index (χ4n) is 7.76. The molecule has 0 saturated heterocycles. The van der Waals surface area contributed by atoms with Gasteiger partial charge in [-0.3, -0.25) is 0 Å². The van der Waals surface area contributed by atoms with Crippen LogP contribution in [-0.4, -0.2) is 13.7 Å². The summed E-state index contributed by atoms with van der Waals surface area (Å²) in [5, 5.41) is 17.0. The van der Waals surface area contributed by atoms with Crippen molar-refractivity contribution >= 4 is 65.4 Å². The molecule has 0 fully saturated rings. The molecule has 10 rings (SSSR count). The number of hydrogen-bond donors (Lipinski definition) is 0. The zero-order valence-electron chi connectivity index (χ0n) is 25.3. The predicted molar refractivity (Wildman–Crippen MR) is 194 cm³/mol. The maximum atomic E-state index is 9.86. The molecule has 0 aliphatic heterocycles. The van der Waals surface area contributed by atoms with Crippen molar-refractivity contribution in [1.29, 1.82) is 5.26 Å². The van der Waals surface area contributed by atoms with E-state index in [1.807, 2.05) is 18.2 Å². The Morgan fingerprint density at radius 2 is 0.936 bits per heavy atom. The Labute approximate surface area is 270 Å². The molecule has 3 heterocycles. The summed E-state index contributed by atoms with van der Waals surface area (Å²) in [4.78, 5) is 0. The lowest BCUT2D eigenvalue weighted by atomic mass is 10.1. The summed E-state index contributed by atoms with van der Waals surface area (Å²) in [5.41, 5.74) is 10.8. The number of nitrogens with zero attached hydrogens (tertiary/aromatic N) is 4. The van der Waals surface area contributed by atoms with Crippen LogP contribution in [0.1, 0.15) is 5.56 Å². The van der Waals surface area contributed by atoms with Gasteiger partial charge in [0.15, 0.2) is 0 Å². The first kappa shape index (κ1) is 25.7. The third kappa shape index (κ3) is 3.51. The molecule has 0 atom stereocenters. The van der Waals surface area contributed by atoms with E-state index in [-0.39, 0.29) is 0 Å². The van der Waals surface area contributed by atoms with Crippen molar-refractivity contribution in [3.8, 4) is 23.1 Å². The Morgan fingerprint density at radius 1 is 0.383 bits per heavy atom. The fraction of sp³-hybridized carbons (Fsp3) is 0. The van der Waals surface area contributed by atoms with Crippen molar-refractivity contribution < 1.29 is 0 Å². The van der Waals surface area contributed by atoms with E-state index >= 15 is 0 Å². The highest BCUT2D eigenvalue weighted by Crippen LogP contribution is 2.44. The van der Waals surface area contributed by atoms with Crippen molar-refractivity contribution in [3.05, 3.63) is 163 Å². The maximum absolute atomic E-state index is 9.86. The first-order valence-electron chi connectivity index (χ1n) is 15.9. The summed E-state index contributed by atoms with van der Waals surface area (Å²) in [6.07, 6.45) is 0. The highest BCUT2D eigenvalue weighted by Gasteiger charge is 2.23. The minimum atomic E-state index is 0.650. The van der Waals surface area contributed by atoms with E-state index in [2.05, 4.69) is 159 Å². The maximum Gasteiger partial charge on any atom is 0.0992 e. The van der Waals surface area contributed by atoms with Crippen LogP contribution in [0.3, 0.4) is 0 Å². The number of nitriles is 1. The molecule has 0 aliphatic rings. The zero-order chi connectivity index (χ0) is 31.1. The van der Waals surface area contributed by atoms with E-state index in [1.165, 1.54) is 38.0 Å². The smallest absolute Gasteiger partial charge is 0.0992 e. The van der Waals surface area contributed by atoms with Gasteiger partial charge in [0, 0.05) is 43.7 Å². The molecule has 0 N–H and O–H groups in total. The van der Waals surface area contributed by atoms with Gasteiger partial charge in [-0.05, 0) is 60.7 Å². The van der Waals surface area contributed by atoms with Crippen LogP contribution in [0.25, 0.3) is 82.5 Å². The normalized spacial score (nSPS) is 11.8. The summed E-state index contributed by atoms with van der Waals surface area (Å²) in [6.45, 7) is 0. The largest absolute Gasteiger partial charge is 0.308 e. The van der Waals surface area contributed by atoms with Gasteiger partial charge in [0.05, 0.1) is 50.4 Å². The number of benzene rings is 7. The average molecular weight is 599 g/mol. The molecule has 4 nitrogen and oxygen atoms in total. The van der Waals surface area contributed by atoms with E-state index in [0.29, 0.717) is 5.56 Å². The molecule has 10 aromatic rings. The van der Waals surface area contributed by atoms with Crippen LogP contribution in [0.4, 0.5) is 0 Å². The third-order valence-electron chi connectivity index (χ3n) is 9.64. The van der Waals surface area contributed by atoms with Crippen LogP contribution in [0.2, 0.25) is 0 Å². The molecule has 0 radical (unpaired) electrons. The topological polar surface area (TPSA) is 38.6 Å². The van der Waals surface area contributed by atoms with Gasteiger partial charge in [-0.1, -0.05) is 97.1 Å². The van der Waals surface area contributed by atoms with Gasteiger partial charge in [0.25, 0.3) is 0 Å². The van der Waals surface area contributed by atoms with Gasteiger partial charge >= 0.3 is 0 Å². The summed E-state index contributed by atoms with van der Waals surface area (Å²) in [6, 6.07) is 58.2. The van der Waals surface area contributed by atoms with Crippen molar-refractivity contribution in [1.82, 2.24) is 13.7 Å². The van der Waals surface area contributed by atoms with Crippen LogP contribution >= 0.6 is 0 Å². The van der Waals surface area contributed by atoms with E-state index in [0.717, 1.165) is 44.5 Å². The lowest BCUT2D eigenvalue weighted by molar-refractivity contribution is 1.13. The summed E-state index contributed by atoms with van der Waals surface area (Å²) in [7, 11) is 0. The van der Waals surface area contributed by atoms with Crippen LogP contribution in [0.15, 0.2) is 158 Å². The molecule has 0 bridgehead atoms. The molecular weight excluding hydrogens is 573 g/mol. The first-order valence-corrected chi connectivity index (χ1v) is 15.9. The number of aromatic nitrogens is 3. The molecule has 218 valence electrons. The molecule has 0 aliphatic carbocycles. The molecule has 0 spiro atoms. The second-order valence-corrected chi connectivity index (χ2v) is 12.1. The van der Waals surface area contributed by atoms with Crippen LogP contribution in [-0.2, 0) is 0 Å². The van der Waals surface area contributed by atoms with Crippen molar-refractivity contribution in [2.45, 2.75) is 0 Å². The van der Waals surface area contributed by atoms with Crippen LogP contribution in [0.5, 0.6) is 0 Å². The Hall–Kier alpha value is -6.57. The van der Waals surface area contributed by atoms with Gasteiger partial charge in [0.2, 0.25) is 0 Å². The average Bonchev–Trinajstić information content (AvgIpc) is 3.77. The summed E-state index contributed by atoms with van der Waals surface area (Å²) in [5.74, 6) is 0. The lowest BCUT2D eigenvalue weighted by Crippen LogP contribution is -2.00. The Balaban J connectivity index is 1.42. The fourth-order valence-corrected chi connectivity index (χ4v) is 7.76.